The predicted octanol–water partition coefficient (Wildman–Crippen LogP) is 0.0727. The Morgan fingerprint density at radius 3 is 2.31 bits per heavy atom. The molecular weight excluding hydrogens is 230 g/mol. The van der Waals surface area contributed by atoms with E-state index in [0.29, 0.717) is 16.6 Å². The van der Waals surface area contributed by atoms with Crippen molar-refractivity contribution in [3.63, 3.8) is 0 Å². The van der Waals surface area contributed by atoms with Crippen LogP contribution in [-0.2, 0) is 10.0 Å². The van der Waals surface area contributed by atoms with E-state index < -0.39 is 10.0 Å². The first-order chi connectivity index (χ1) is 7.44. The first-order valence-corrected chi connectivity index (χ1v) is 6.08. The lowest BCUT2D eigenvalue weighted by molar-refractivity contribution is 0.588. The summed E-state index contributed by atoms with van der Waals surface area (Å²) in [7, 11) is -2.15. The zero-order chi connectivity index (χ0) is 11.9. The first-order valence-electron chi connectivity index (χ1n) is 4.60. The number of benzene rings is 1. The fourth-order valence-corrected chi connectivity index (χ4v) is 2.55. The van der Waals surface area contributed by atoms with Gasteiger partial charge in [0.05, 0.1) is 15.9 Å². The Balaban J connectivity index is 2.81. The molecule has 16 heavy (non-hydrogen) atoms. The van der Waals surface area contributed by atoms with E-state index in [1.165, 1.54) is 13.1 Å². The summed E-state index contributed by atoms with van der Waals surface area (Å²) in [6, 6.07) is 3.06. The van der Waals surface area contributed by atoms with Crippen molar-refractivity contribution < 1.29 is 8.42 Å². The Kier molecular flexibility index (Phi) is 2.36. The van der Waals surface area contributed by atoms with E-state index in [4.69, 9.17) is 0 Å². The minimum absolute atomic E-state index is 0.165. The van der Waals surface area contributed by atoms with Crippen molar-refractivity contribution in [3.8, 4) is 0 Å². The zero-order valence-corrected chi connectivity index (χ0v) is 9.60. The maximum Gasteiger partial charge on any atom is 0.323 e. The molecule has 0 saturated carbocycles. The van der Waals surface area contributed by atoms with Crippen LogP contribution < -0.4 is 10.4 Å². The van der Waals surface area contributed by atoms with Gasteiger partial charge in [0.1, 0.15) is 0 Å². The third kappa shape index (κ3) is 1.63. The Labute approximate surface area is 91.7 Å². The van der Waals surface area contributed by atoms with Crippen molar-refractivity contribution in [1.82, 2.24) is 14.7 Å². The van der Waals surface area contributed by atoms with Gasteiger partial charge in [-0.05, 0) is 31.7 Å². The largest absolute Gasteiger partial charge is 0.323 e. The summed E-state index contributed by atoms with van der Waals surface area (Å²) in [5.41, 5.74) is 1.30. The SMILES string of the molecule is CNS(=O)(=O)c1cc2[nH]c(=O)[nH]c2cc1C. The number of H-pyrrole nitrogens is 2. The normalized spacial score (nSPS) is 12.1. The lowest BCUT2D eigenvalue weighted by Crippen LogP contribution is -2.19. The molecule has 1 aromatic heterocycles. The predicted molar refractivity (Wildman–Crippen MR) is 59.9 cm³/mol. The molecule has 0 saturated heterocycles. The van der Waals surface area contributed by atoms with Gasteiger partial charge in [-0.1, -0.05) is 0 Å². The maximum atomic E-state index is 11.7. The lowest BCUT2D eigenvalue weighted by Gasteiger charge is -2.05. The zero-order valence-electron chi connectivity index (χ0n) is 8.79. The maximum absolute atomic E-state index is 11.7. The molecule has 0 spiro atoms. The molecule has 1 aromatic carbocycles. The summed E-state index contributed by atoms with van der Waals surface area (Å²) >= 11 is 0. The van der Waals surface area contributed by atoms with E-state index in [9.17, 15) is 13.2 Å². The highest BCUT2D eigenvalue weighted by Gasteiger charge is 2.16. The molecule has 0 radical (unpaired) electrons. The van der Waals surface area contributed by atoms with Crippen LogP contribution in [-0.4, -0.2) is 25.4 Å². The number of hydrogen-bond acceptors (Lipinski definition) is 3. The van der Waals surface area contributed by atoms with Crippen LogP contribution >= 0.6 is 0 Å². The van der Waals surface area contributed by atoms with E-state index in [-0.39, 0.29) is 10.6 Å². The van der Waals surface area contributed by atoms with Crippen LogP contribution in [0.15, 0.2) is 21.8 Å². The van der Waals surface area contributed by atoms with E-state index >= 15 is 0 Å². The van der Waals surface area contributed by atoms with Gasteiger partial charge in [-0.2, -0.15) is 0 Å². The molecule has 86 valence electrons. The number of aryl methyl sites for hydroxylation is 1. The van der Waals surface area contributed by atoms with Crippen molar-refractivity contribution in [2.24, 2.45) is 0 Å². The first kappa shape index (κ1) is 10.9. The molecular formula is C9H11N3O3S. The van der Waals surface area contributed by atoms with Crippen molar-refractivity contribution in [1.29, 1.82) is 0 Å². The fraction of sp³-hybridized carbons (Fsp3) is 0.222. The van der Waals surface area contributed by atoms with E-state index in [2.05, 4.69) is 14.7 Å². The second kappa shape index (κ2) is 3.46. The minimum Gasteiger partial charge on any atom is -0.306 e. The van der Waals surface area contributed by atoms with Crippen molar-refractivity contribution in [2.75, 3.05) is 7.05 Å². The number of fused-ring (bicyclic) bond motifs is 1. The van der Waals surface area contributed by atoms with Gasteiger partial charge >= 0.3 is 5.69 Å². The number of aromatic nitrogens is 2. The van der Waals surface area contributed by atoms with Crippen molar-refractivity contribution in [2.45, 2.75) is 11.8 Å². The monoisotopic (exact) mass is 241 g/mol. The standard InChI is InChI=1S/C9H11N3O3S/c1-5-3-6-7(12-9(13)11-6)4-8(5)16(14,15)10-2/h3-4,10H,1-2H3,(H2,11,12,13). The molecule has 0 aliphatic heterocycles. The number of nitrogens with one attached hydrogen (secondary N) is 3. The van der Waals surface area contributed by atoms with Gasteiger partial charge in [0.2, 0.25) is 10.0 Å². The molecule has 0 aliphatic carbocycles. The molecule has 0 bridgehead atoms. The Hall–Kier alpha value is -1.60. The fourth-order valence-electron chi connectivity index (χ4n) is 1.57. The van der Waals surface area contributed by atoms with Gasteiger partial charge in [-0.15, -0.1) is 0 Å². The molecule has 2 aromatic rings. The highest BCUT2D eigenvalue weighted by Crippen LogP contribution is 2.19. The van der Waals surface area contributed by atoms with Gasteiger partial charge < -0.3 is 9.97 Å². The van der Waals surface area contributed by atoms with E-state index in [0.717, 1.165) is 0 Å². The topological polar surface area (TPSA) is 94.8 Å². The molecule has 1 heterocycles. The van der Waals surface area contributed by atoms with Crippen LogP contribution in [0.1, 0.15) is 5.56 Å². The van der Waals surface area contributed by atoms with Crippen LogP contribution in [0.3, 0.4) is 0 Å². The van der Waals surface area contributed by atoms with Crippen LogP contribution in [0.25, 0.3) is 11.0 Å². The van der Waals surface area contributed by atoms with Crippen molar-refractivity contribution >= 4 is 21.1 Å². The number of hydrogen-bond donors (Lipinski definition) is 3. The second-order valence-electron chi connectivity index (χ2n) is 3.45. The Morgan fingerprint density at radius 1 is 1.19 bits per heavy atom. The quantitative estimate of drug-likeness (QED) is 0.694. The smallest absolute Gasteiger partial charge is 0.306 e. The number of imidazole rings is 1. The molecule has 0 amide bonds. The summed E-state index contributed by atoms with van der Waals surface area (Å²) in [6.07, 6.45) is 0. The van der Waals surface area contributed by atoms with Gasteiger partial charge in [-0.3, -0.25) is 0 Å². The summed E-state index contributed by atoms with van der Waals surface area (Å²) in [6.45, 7) is 1.68. The van der Waals surface area contributed by atoms with Gasteiger partial charge in [0.25, 0.3) is 0 Å². The number of rotatable bonds is 2. The number of sulfonamides is 1. The van der Waals surface area contributed by atoms with Gasteiger partial charge in [0.15, 0.2) is 0 Å². The third-order valence-corrected chi connectivity index (χ3v) is 3.93. The van der Waals surface area contributed by atoms with Crippen LogP contribution in [0.2, 0.25) is 0 Å². The highest BCUT2D eigenvalue weighted by atomic mass is 32.2. The molecule has 0 unspecified atom stereocenters. The molecule has 6 nitrogen and oxygen atoms in total. The second-order valence-corrected chi connectivity index (χ2v) is 5.30. The molecule has 0 aliphatic rings. The van der Waals surface area contributed by atoms with Crippen LogP contribution in [0.5, 0.6) is 0 Å². The molecule has 2 rings (SSSR count). The Morgan fingerprint density at radius 2 is 1.75 bits per heavy atom. The summed E-state index contributed by atoms with van der Waals surface area (Å²) < 4.78 is 25.6. The highest BCUT2D eigenvalue weighted by molar-refractivity contribution is 7.89. The van der Waals surface area contributed by atoms with E-state index in [1.54, 1.807) is 13.0 Å². The molecule has 3 N–H and O–H groups in total. The van der Waals surface area contributed by atoms with Crippen molar-refractivity contribution in [3.05, 3.63) is 28.2 Å². The molecule has 7 heteroatoms. The van der Waals surface area contributed by atoms with Crippen LogP contribution in [0, 0.1) is 6.92 Å². The summed E-state index contributed by atoms with van der Waals surface area (Å²) in [4.78, 5) is 16.3. The van der Waals surface area contributed by atoms with Gasteiger partial charge in [-0.25, -0.2) is 17.9 Å². The molecule has 0 atom stereocenters. The Bertz CT molecular complexity index is 696. The lowest BCUT2D eigenvalue weighted by atomic mass is 10.2. The average molecular weight is 241 g/mol. The summed E-state index contributed by atoms with van der Waals surface area (Å²) in [5, 5.41) is 0. The third-order valence-electron chi connectivity index (χ3n) is 2.37. The van der Waals surface area contributed by atoms with Crippen LogP contribution in [0.4, 0.5) is 0 Å². The average Bonchev–Trinajstić information content (AvgIpc) is 2.56. The van der Waals surface area contributed by atoms with E-state index in [1.807, 2.05) is 0 Å². The minimum atomic E-state index is -3.50. The molecule has 0 fully saturated rings. The van der Waals surface area contributed by atoms with Gasteiger partial charge in [0, 0.05) is 0 Å². The summed E-state index contributed by atoms with van der Waals surface area (Å²) in [5.74, 6) is 0. The number of aromatic amines is 2.